The van der Waals surface area contributed by atoms with Gasteiger partial charge in [0, 0.05) is 51.4 Å². The molecule has 2 fully saturated rings. The zero-order valence-corrected chi connectivity index (χ0v) is 11.2. The summed E-state index contributed by atoms with van der Waals surface area (Å²) in [5.74, 6) is 0. The molecule has 1 aromatic carbocycles. The van der Waals surface area contributed by atoms with Gasteiger partial charge in [-0.2, -0.15) is 0 Å². The fourth-order valence-electron chi connectivity index (χ4n) is 3.35. The molecule has 3 rings (SSSR count). The lowest BCUT2D eigenvalue weighted by Crippen LogP contribution is -2.64. The molecule has 2 heterocycles. The third kappa shape index (κ3) is 2.58. The lowest BCUT2D eigenvalue weighted by atomic mass is 10.0. The summed E-state index contributed by atoms with van der Waals surface area (Å²) in [4.78, 5) is 5.28. The minimum absolute atomic E-state index is 0.689. The first-order chi connectivity index (χ1) is 8.83. The molecule has 18 heavy (non-hydrogen) atoms. The van der Waals surface area contributed by atoms with Gasteiger partial charge < -0.3 is 5.32 Å². The molecule has 2 atom stereocenters. The summed E-state index contributed by atoms with van der Waals surface area (Å²) in [5.41, 5.74) is 1.43. The van der Waals surface area contributed by atoms with E-state index in [9.17, 15) is 0 Å². The third-order valence-corrected chi connectivity index (χ3v) is 4.20. The van der Waals surface area contributed by atoms with Crippen LogP contribution in [-0.4, -0.2) is 54.6 Å². The number of hydrogen-bond donors (Lipinski definition) is 1. The molecule has 2 unspecified atom stereocenters. The number of piperazine rings is 2. The summed E-state index contributed by atoms with van der Waals surface area (Å²) in [7, 11) is 0. The largest absolute Gasteiger partial charge is 0.314 e. The highest BCUT2D eigenvalue weighted by Crippen LogP contribution is 2.18. The Bertz CT molecular complexity index is 379. The number of nitrogens with zero attached hydrogens (tertiary/aromatic N) is 2. The first-order valence-corrected chi connectivity index (χ1v) is 7.05. The van der Waals surface area contributed by atoms with Crippen molar-refractivity contribution >= 4 is 0 Å². The summed E-state index contributed by atoms with van der Waals surface area (Å²) < 4.78 is 0. The van der Waals surface area contributed by atoms with Crippen LogP contribution in [0.25, 0.3) is 0 Å². The van der Waals surface area contributed by atoms with E-state index in [2.05, 4.69) is 52.4 Å². The third-order valence-electron chi connectivity index (χ3n) is 4.20. The maximum atomic E-state index is 3.52. The molecular formula is C15H23N3. The van der Waals surface area contributed by atoms with E-state index < -0.39 is 0 Å². The van der Waals surface area contributed by atoms with Crippen LogP contribution in [0.3, 0.4) is 0 Å². The van der Waals surface area contributed by atoms with Crippen molar-refractivity contribution in [2.24, 2.45) is 0 Å². The van der Waals surface area contributed by atoms with Crippen LogP contribution >= 0.6 is 0 Å². The van der Waals surface area contributed by atoms with Gasteiger partial charge in [0.05, 0.1) is 0 Å². The summed E-state index contributed by atoms with van der Waals surface area (Å²) in [6.45, 7) is 9.38. The molecule has 2 aliphatic heterocycles. The second-order valence-electron chi connectivity index (χ2n) is 5.62. The van der Waals surface area contributed by atoms with Gasteiger partial charge in [0.1, 0.15) is 0 Å². The van der Waals surface area contributed by atoms with E-state index in [0.717, 1.165) is 19.6 Å². The first kappa shape index (κ1) is 12.2. The molecule has 98 valence electrons. The molecule has 2 aliphatic rings. The Hall–Kier alpha value is -0.900. The van der Waals surface area contributed by atoms with E-state index in [1.54, 1.807) is 0 Å². The highest BCUT2D eigenvalue weighted by Gasteiger charge is 2.33. The molecule has 0 radical (unpaired) electrons. The Morgan fingerprint density at radius 1 is 1.22 bits per heavy atom. The molecular weight excluding hydrogens is 222 g/mol. The van der Waals surface area contributed by atoms with Gasteiger partial charge >= 0.3 is 0 Å². The number of benzene rings is 1. The lowest BCUT2D eigenvalue weighted by molar-refractivity contribution is 0.0135. The summed E-state index contributed by atoms with van der Waals surface area (Å²) in [6, 6.07) is 12.2. The SMILES string of the molecule is CC1CN(Cc2ccccc2)CC2CNCCN12. The number of hydrogen-bond acceptors (Lipinski definition) is 3. The van der Waals surface area contributed by atoms with Crippen LogP contribution in [0.15, 0.2) is 30.3 Å². The normalized spacial score (nSPS) is 30.1. The maximum absolute atomic E-state index is 3.52. The average Bonchev–Trinajstić information content (AvgIpc) is 2.40. The van der Waals surface area contributed by atoms with Crippen molar-refractivity contribution < 1.29 is 0 Å². The second-order valence-corrected chi connectivity index (χ2v) is 5.62. The van der Waals surface area contributed by atoms with Gasteiger partial charge in [0.15, 0.2) is 0 Å². The number of fused-ring (bicyclic) bond motifs is 1. The maximum Gasteiger partial charge on any atom is 0.0351 e. The van der Waals surface area contributed by atoms with Crippen LogP contribution in [-0.2, 0) is 6.54 Å². The Morgan fingerprint density at radius 3 is 2.89 bits per heavy atom. The minimum atomic E-state index is 0.689. The quantitative estimate of drug-likeness (QED) is 0.843. The predicted molar refractivity (Wildman–Crippen MR) is 74.5 cm³/mol. The molecule has 3 heteroatoms. The summed E-state index contributed by atoms with van der Waals surface area (Å²) >= 11 is 0. The molecule has 0 spiro atoms. The standard InChI is InChI=1S/C15H23N3/c1-13-10-17(11-14-5-3-2-4-6-14)12-15-9-16-7-8-18(13)15/h2-6,13,15-16H,7-12H2,1H3. The first-order valence-electron chi connectivity index (χ1n) is 7.05. The van der Waals surface area contributed by atoms with Crippen LogP contribution in [0.5, 0.6) is 0 Å². The molecule has 0 amide bonds. The molecule has 0 saturated carbocycles. The fraction of sp³-hybridized carbons (Fsp3) is 0.600. The Kier molecular flexibility index (Phi) is 3.64. The molecule has 1 aromatic rings. The van der Waals surface area contributed by atoms with Crippen molar-refractivity contribution in [3.63, 3.8) is 0 Å². The zero-order valence-electron chi connectivity index (χ0n) is 11.2. The number of rotatable bonds is 2. The number of nitrogens with one attached hydrogen (secondary N) is 1. The van der Waals surface area contributed by atoms with E-state index in [1.165, 1.54) is 25.2 Å². The smallest absolute Gasteiger partial charge is 0.0351 e. The Balaban J connectivity index is 1.64. The topological polar surface area (TPSA) is 18.5 Å². The van der Waals surface area contributed by atoms with Gasteiger partial charge in [-0.05, 0) is 12.5 Å². The van der Waals surface area contributed by atoms with Crippen molar-refractivity contribution in [2.45, 2.75) is 25.6 Å². The highest BCUT2D eigenvalue weighted by molar-refractivity contribution is 5.14. The van der Waals surface area contributed by atoms with Crippen molar-refractivity contribution in [1.29, 1.82) is 0 Å². The molecule has 0 bridgehead atoms. The molecule has 3 nitrogen and oxygen atoms in total. The van der Waals surface area contributed by atoms with Crippen molar-refractivity contribution in [3.8, 4) is 0 Å². The molecule has 0 aliphatic carbocycles. The van der Waals surface area contributed by atoms with E-state index in [0.29, 0.717) is 12.1 Å². The van der Waals surface area contributed by atoms with E-state index in [4.69, 9.17) is 0 Å². The van der Waals surface area contributed by atoms with Crippen molar-refractivity contribution in [2.75, 3.05) is 32.7 Å². The molecule has 0 aromatic heterocycles. The van der Waals surface area contributed by atoms with Gasteiger partial charge in [-0.15, -0.1) is 0 Å². The minimum Gasteiger partial charge on any atom is -0.314 e. The van der Waals surface area contributed by atoms with Crippen LogP contribution in [0, 0.1) is 0 Å². The zero-order chi connectivity index (χ0) is 12.4. The summed E-state index contributed by atoms with van der Waals surface area (Å²) in [6.07, 6.45) is 0. The van der Waals surface area contributed by atoms with Crippen LogP contribution in [0.1, 0.15) is 12.5 Å². The van der Waals surface area contributed by atoms with Gasteiger partial charge in [-0.25, -0.2) is 0 Å². The van der Waals surface area contributed by atoms with Crippen LogP contribution in [0.2, 0.25) is 0 Å². The molecule has 1 N–H and O–H groups in total. The van der Waals surface area contributed by atoms with Crippen LogP contribution in [0.4, 0.5) is 0 Å². The average molecular weight is 245 g/mol. The van der Waals surface area contributed by atoms with E-state index in [1.807, 2.05) is 0 Å². The van der Waals surface area contributed by atoms with Gasteiger partial charge in [-0.1, -0.05) is 30.3 Å². The van der Waals surface area contributed by atoms with Crippen molar-refractivity contribution in [3.05, 3.63) is 35.9 Å². The highest BCUT2D eigenvalue weighted by atomic mass is 15.3. The van der Waals surface area contributed by atoms with Crippen LogP contribution < -0.4 is 5.32 Å². The Morgan fingerprint density at radius 2 is 2.06 bits per heavy atom. The van der Waals surface area contributed by atoms with Crippen molar-refractivity contribution in [1.82, 2.24) is 15.1 Å². The van der Waals surface area contributed by atoms with Gasteiger partial charge in [0.2, 0.25) is 0 Å². The van der Waals surface area contributed by atoms with Gasteiger partial charge in [0.25, 0.3) is 0 Å². The Labute approximate surface area is 110 Å². The lowest BCUT2D eigenvalue weighted by Gasteiger charge is -2.48. The molecule has 2 saturated heterocycles. The van der Waals surface area contributed by atoms with Gasteiger partial charge in [-0.3, -0.25) is 9.80 Å². The summed E-state index contributed by atoms with van der Waals surface area (Å²) in [5, 5.41) is 3.52. The fourth-order valence-corrected chi connectivity index (χ4v) is 3.35. The second kappa shape index (κ2) is 5.39. The monoisotopic (exact) mass is 245 g/mol. The predicted octanol–water partition coefficient (Wildman–Crippen LogP) is 1.16. The van der Waals surface area contributed by atoms with E-state index in [-0.39, 0.29) is 0 Å². The van der Waals surface area contributed by atoms with E-state index >= 15 is 0 Å².